The van der Waals surface area contributed by atoms with Gasteiger partial charge in [0, 0.05) is 17.1 Å². The van der Waals surface area contributed by atoms with E-state index in [1.807, 2.05) is 30.3 Å². The van der Waals surface area contributed by atoms with Gasteiger partial charge in [-0.25, -0.2) is 4.39 Å². The number of hydrogen-bond acceptors (Lipinski definition) is 2. The van der Waals surface area contributed by atoms with Crippen molar-refractivity contribution in [1.29, 1.82) is 0 Å². The van der Waals surface area contributed by atoms with Crippen molar-refractivity contribution in [2.24, 2.45) is 0 Å². The smallest absolute Gasteiger partial charge is 0.123 e. The van der Waals surface area contributed by atoms with Crippen LogP contribution in [0.15, 0.2) is 54.7 Å². The second kappa shape index (κ2) is 4.69. The summed E-state index contributed by atoms with van der Waals surface area (Å²) in [6.45, 7) is 0. The molecule has 3 aromatic rings. The van der Waals surface area contributed by atoms with Crippen LogP contribution < -0.4 is 4.74 Å². The number of fused-ring (bicyclic) bond motifs is 1. The molecule has 0 N–H and O–H groups in total. The number of benzene rings is 2. The summed E-state index contributed by atoms with van der Waals surface area (Å²) in [7, 11) is 1.63. The van der Waals surface area contributed by atoms with Crippen LogP contribution in [0.2, 0.25) is 0 Å². The van der Waals surface area contributed by atoms with Gasteiger partial charge in [0.25, 0.3) is 0 Å². The molecule has 0 saturated heterocycles. The first-order valence-corrected chi connectivity index (χ1v) is 5.96. The van der Waals surface area contributed by atoms with Gasteiger partial charge in [-0.05, 0) is 41.8 Å². The summed E-state index contributed by atoms with van der Waals surface area (Å²) < 4.78 is 18.5. The molecule has 94 valence electrons. The summed E-state index contributed by atoms with van der Waals surface area (Å²) in [6, 6.07) is 14.2. The minimum absolute atomic E-state index is 0.259. The van der Waals surface area contributed by atoms with Crippen molar-refractivity contribution < 1.29 is 9.13 Å². The topological polar surface area (TPSA) is 22.1 Å². The number of pyridine rings is 1. The van der Waals surface area contributed by atoms with Gasteiger partial charge >= 0.3 is 0 Å². The van der Waals surface area contributed by atoms with Crippen molar-refractivity contribution >= 4 is 10.8 Å². The molecule has 1 heterocycles. The van der Waals surface area contributed by atoms with Crippen LogP contribution in [0.5, 0.6) is 5.75 Å². The fourth-order valence-electron chi connectivity index (χ4n) is 2.15. The third-order valence-electron chi connectivity index (χ3n) is 3.07. The Kier molecular flexibility index (Phi) is 2.88. The van der Waals surface area contributed by atoms with E-state index in [0.717, 1.165) is 27.8 Å². The summed E-state index contributed by atoms with van der Waals surface area (Å²) in [5.74, 6) is 0.536. The van der Waals surface area contributed by atoms with E-state index in [1.165, 1.54) is 12.1 Å². The summed E-state index contributed by atoms with van der Waals surface area (Å²) in [4.78, 5) is 4.37. The highest BCUT2D eigenvalue weighted by atomic mass is 19.1. The van der Waals surface area contributed by atoms with Crippen molar-refractivity contribution in [2.75, 3.05) is 7.11 Å². The van der Waals surface area contributed by atoms with Crippen molar-refractivity contribution in [2.45, 2.75) is 0 Å². The molecule has 0 atom stereocenters. The maximum atomic E-state index is 13.3. The normalized spacial score (nSPS) is 10.6. The van der Waals surface area contributed by atoms with Crippen LogP contribution in [-0.2, 0) is 0 Å². The van der Waals surface area contributed by atoms with E-state index < -0.39 is 0 Å². The van der Waals surface area contributed by atoms with Gasteiger partial charge in [0.2, 0.25) is 0 Å². The average molecular weight is 253 g/mol. The number of halogens is 1. The van der Waals surface area contributed by atoms with Gasteiger partial charge in [-0.15, -0.1) is 0 Å². The Morgan fingerprint density at radius 2 is 1.95 bits per heavy atom. The first-order valence-electron chi connectivity index (χ1n) is 5.96. The molecule has 2 nitrogen and oxygen atoms in total. The number of rotatable bonds is 2. The maximum Gasteiger partial charge on any atom is 0.123 e. The van der Waals surface area contributed by atoms with Crippen molar-refractivity contribution in [3.8, 4) is 17.0 Å². The molecule has 0 aliphatic rings. The molecule has 0 unspecified atom stereocenters. The van der Waals surface area contributed by atoms with Crippen molar-refractivity contribution in [3.63, 3.8) is 0 Å². The Balaban J connectivity index is 2.24. The number of aromatic nitrogens is 1. The van der Waals surface area contributed by atoms with Gasteiger partial charge in [0.15, 0.2) is 0 Å². The second-order valence-electron chi connectivity index (χ2n) is 4.26. The molecule has 19 heavy (non-hydrogen) atoms. The standard InChI is InChI=1S/C16H12FNO/c1-19-14-5-6-15-11(10-14)7-8-18-16(15)12-3-2-4-13(17)9-12/h2-10H,1H3. The molecule has 0 fully saturated rings. The molecule has 2 aromatic carbocycles. The van der Waals surface area contributed by atoms with E-state index in [9.17, 15) is 4.39 Å². The molecule has 0 saturated carbocycles. The summed E-state index contributed by atoms with van der Waals surface area (Å²) in [5, 5.41) is 2.00. The number of methoxy groups -OCH3 is 1. The monoisotopic (exact) mass is 253 g/mol. The molecular weight excluding hydrogens is 241 g/mol. The van der Waals surface area contributed by atoms with E-state index in [0.29, 0.717) is 0 Å². The fourth-order valence-corrected chi connectivity index (χ4v) is 2.15. The first-order chi connectivity index (χ1) is 9.28. The zero-order valence-corrected chi connectivity index (χ0v) is 10.4. The summed E-state index contributed by atoms with van der Waals surface area (Å²) in [5.41, 5.74) is 1.55. The van der Waals surface area contributed by atoms with Crippen LogP contribution in [0.3, 0.4) is 0 Å². The SMILES string of the molecule is COc1ccc2c(-c3cccc(F)c3)nccc2c1. The molecular formula is C16H12FNO. The van der Waals surface area contributed by atoms with Crippen molar-refractivity contribution in [1.82, 2.24) is 4.98 Å². The molecule has 0 aliphatic carbocycles. The maximum absolute atomic E-state index is 13.3. The molecule has 0 aliphatic heterocycles. The number of hydrogen-bond donors (Lipinski definition) is 0. The number of nitrogens with zero attached hydrogens (tertiary/aromatic N) is 1. The Hall–Kier alpha value is -2.42. The number of ether oxygens (including phenoxy) is 1. The lowest BCUT2D eigenvalue weighted by Gasteiger charge is -2.07. The summed E-state index contributed by atoms with van der Waals surface area (Å²) in [6.07, 6.45) is 1.72. The van der Waals surface area contributed by atoms with Crippen LogP contribution in [-0.4, -0.2) is 12.1 Å². The van der Waals surface area contributed by atoms with Gasteiger partial charge in [0.1, 0.15) is 11.6 Å². The van der Waals surface area contributed by atoms with E-state index >= 15 is 0 Å². The third kappa shape index (κ3) is 2.15. The average Bonchev–Trinajstić information content (AvgIpc) is 2.46. The van der Waals surface area contributed by atoms with Gasteiger partial charge in [-0.3, -0.25) is 4.98 Å². The van der Waals surface area contributed by atoms with Gasteiger partial charge < -0.3 is 4.74 Å². The third-order valence-corrected chi connectivity index (χ3v) is 3.07. The van der Waals surface area contributed by atoms with Crippen LogP contribution in [0.25, 0.3) is 22.0 Å². The molecule has 0 amide bonds. The molecule has 0 bridgehead atoms. The first kappa shape index (κ1) is 11.7. The van der Waals surface area contributed by atoms with E-state index in [2.05, 4.69) is 4.98 Å². The Labute approximate surface area is 110 Å². The quantitative estimate of drug-likeness (QED) is 0.687. The second-order valence-corrected chi connectivity index (χ2v) is 4.26. The highest BCUT2D eigenvalue weighted by molar-refractivity contribution is 5.95. The molecule has 3 heteroatoms. The van der Waals surface area contributed by atoms with Crippen molar-refractivity contribution in [3.05, 3.63) is 60.5 Å². The lowest BCUT2D eigenvalue weighted by molar-refractivity contribution is 0.415. The Morgan fingerprint density at radius 1 is 1.05 bits per heavy atom. The Bertz CT molecular complexity index is 740. The van der Waals surface area contributed by atoms with E-state index in [-0.39, 0.29) is 5.82 Å². The van der Waals surface area contributed by atoms with Gasteiger partial charge in [-0.1, -0.05) is 12.1 Å². The van der Waals surface area contributed by atoms with Crippen LogP contribution in [0.1, 0.15) is 0 Å². The highest BCUT2D eigenvalue weighted by Crippen LogP contribution is 2.29. The van der Waals surface area contributed by atoms with Crippen LogP contribution in [0, 0.1) is 5.82 Å². The minimum Gasteiger partial charge on any atom is -0.497 e. The molecule has 1 aromatic heterocycles. The Morgan fingerprint density at radius 3 is 2.74 bits per heavy atom. The van der Waals surface area contributed by atoms with E-state index in [1.54, 1.807) is 19.4 Å². The highest BCUT2D eigenvalue weighted by Gasteiger charge is 2.06. The predicted octanol–water partition coefficient (Wildman–Crippen LogP) is 4.05. The zero-order chi connectivity index (χ0) is 13.2. The predicted molar refractivity (Wildman–Crippen MR) is 73.7 cm³/mol. The van der Waals surface area contributed by atoms with E-state index in [4.69, 9.17) is 4.74 Å². The largest absolute Gasteiger partial charge is 0.497 e. The van der Waals surface area contributed by atoms with Gasteiger partial charge in [-0.2, -0.15) is 0 Å². The molecule has 0 spiro atoms. The molecule has 3 rings (SSSR count). The van der Waals surface area contributed by atoms with Crippen LogP contribution in [0.4, 0.5) is 4.39 Å². The van der Waals surface area contributed by atoms with Crippen LogP contribution >= 0.6 is 0 Å². The lowest BCUT2D eigenvalue weighted by atomic mass is 10.0. The minimum atomic E-state index is -0.259. The van der Waals surface area contributed by atoms with Gasteiger partial charge in [0.05, 0.1) is 12.8 Å². The summed E-state index contributed by atoms with van der Waals surface area (Å²) >= 11 is 0. The fraction of sp³-hybridized carbons (Fsp3) is 0.0625. The molecule has 0 radical (unpaired) electrons. The lowest BCUT2D eigenvalue weighted by Crippen LogP contribution is -1.88. The zero-order valence-electron chi connectivity index (χ0n) is 10.4.